The van der Waals surface area contributed by atoms with Crippen molar-refractivity contribution < 1.29 is 4.79 Å². The van der Waals surface area contributed by atoms with Gasteiger partial charge in [0.15, 0.2) is 0 Å². The number of hydrogen-bond donors (Lipinski definition) is 2. The molecular weight excluding hydrogens is 338 g/mol. The average molecular weight is 354 g/mol. The number of hydrogen-bond acceptors (Lipinski definition) is 4. The number of carbonyl (C=O) groups excluding carboxylic acids is 1. The van der Waals surface area contributed by atoms with Crippen molar-refractivity contribution in [3.63, 3.8) is 0 Å². The lowest BCUT2D eigenvalue weighted by Crippen LogP contribution is -2.22. The van der Waals surface area contributed by atoms with E-state index >= 15 is 0 Å². The first-order valence-electron chi connectivity index (χ1n) is 6.40. The fourth-order valence-electron chi connectivity index (χ4n) is 1.60. The normalized spacial score (nSPS) is 10.3. The maximum absolute atomic E-state index is 12.0. The molecular formula is C14H16BrN3OS. The maximum atomic E-state index is 12.0. The quantitative estimate of drug-likeness (QED) is 0.833. The summed E-state index contributed by atoms with van der Waals surface area (Å²) in [6.45, 7) is 3.51. The monoisotopic (exact) mass is 353 g/mol. The Balaban J connectivity index is 1.88. The Morgan fingerprint density at radius 1 is 1.45 bits per heavy atom. The van der Waals surface area contributed by atoms with Crippen molar-refractivity contribution in [3.8, 4) is 0 Å². The van der Waals surface area contributed by atoms with Crippen molar-refractivity contribution in [1.29, 1.82) is 0 Å². The van der Waals surface area contributed by atoms with Crippen molar-refractivity contribution >= 4 is 39.0 Å². The fraction of sp³-hybridized carbons (Fsp3) is 0.286. The third-order valence-corrected chi connectivity index (χ3v) is 4.32. The Hall–Kier alpha value is -1.40. The van der Waals surface area contributed by atoms with Crippen molar-refractivity contribution in [2.75, 3.05) is 11.9 Å². The van der Waals surface area contributed by atoms with E-state index in [9.17, 15) is 4.79 Å². The van der Waals surface area contributed by atoms with Crippen LogP contribution >= 0.6 is 27.3 Å². The molecule has 2 aromatic rings. The molecule has 0 aliphatic carbocycles. The largest absolute Gasteiger partial charge is 0.370 e. The molecule has 0 aliphatic heterocycles. The maximum Gasteiger partial charge on any atom is 0.253 e. The second kappa shape index (κ2) is 7.40. The molecule has 0 fully saturated rings. The van der Waals surface area contributed by atoms with Crippen LogP contribution in [0.15, 0.2) is 34.2 Å². The zero-order valence-electron chi connectivity index (χ0n) is 11.1. The van der Waals surface area contributed by atoms with E-state index < -0.39 is 0 Å². The zero-order valence-corrected chi connectivity index (χ0v) is 13.6. The van der Waals surface area contributed by atoms with E-state index in [0.29, 0.717) is 12.1 Å². The summed E-state index contributed by atoms with van der Waals surface area (Å²) in [5, 5.41) is 8.05. The highest BCUT2D eigenvalue weighted by molar-refractivity contribution is 9.10. The Labute approximate surface area is 130 Å². The third-order valence-electron chi connectivity index (χ3n) is 2.63. The van der Waals surface area contributed by atoms with Gasteiger partial charge in [0.25, 0.3) is 5.91 Å². The van der Waals surface area contributed by atoms with Gasteiger partial charge in [0.2, 0.25) is 0 Å². The highest BCUT2D eigenvalue weighted by atomic mass is 79.9. The summed E-state index contributed by atoms with van der Waals surface area (Å²) in [7, 11) is 0. The van der Waals surface area contributed by atoms with E-state index in [0.717, 1.165) is 28.1 Å². The molecule has 106 valence electrons. The average Bonchev–Trinajstić information content (AvgIpc) is 2.89. The van der Waals surface area contributed by atoms with Crippen LogP contribution in [0.4, 0.5) is 5.82 Å². The Morgan fingerprint density at radius 3 is 2.90 bits per heavy atom. The molecule has 2 N–H and O–H groups in total. The van der Waals surface area contributed by atoms with Crippen molar-refractivity contribution in [1.82, 2.24) is 10.3 Å². The smallest absolute Gasteiger partial charge is 0.253 e. The van der Waals surface area contributed by atoms with Gasteiger partial charge in [0.05, 0.1) is 12.1 Å². The molecule has 0 spiro atoms. The fourth-order valence-corrected chi connectivity index (χ4v) is 2.99. The first-order valence-corrected chi connectivity index (χ1v) is 8.07. The van der Waals surface area contributed by atoms with Crippen LogP contribution < -0.4 is 10.6 Å². The van der Waals surface area contributed by atoms with Gasteiger partial charge in [-0.15, -0.1) is 11.3 Å². The molecule has 2 heterocycles. The van der Waals surface area contributed by atoms with Crippen molar-refractivity contribution in [3.05, 3.63) is 44.7 Å². The number of rotatable bonds is 6. The van der Waals surface area contributed by atoms with E-state index in [1.807, 2.05) is 17.5 Å². The number of thiophene rings is 1. The number of anilines is 1. The number of aromatic nitrogens is 1. The van der Waals surface area contributed by atoms with Crippen LogP contribution in [-0.4, -0.2) is 17.4 Å². The SMILES string of the molecule is CCCNc1ccc(C(=O)NCc2cc(Br)cs2)cn1. The second-order valence-corrected chi connectivity index (χ2v) is 6.18. The third kappa shape index (κ3) is 4.31. The summed E-state index contributed by atoms with van der Waals surface area (Å²) in [6, 6.07) is 5.61. The first kappa shape index (κ1) is 15.0. The lowest BCUT2D eigenvalue weighted by molar-refractivity contribution is 0.0951. The van der Waals surface area contributed by atoms with Gasteiger partial charge in [-0.1, -0.05) is 6.92 Å². The summed E-state index contributed by atoms with van der Waals surface area (Å²) in [5.41, 5.74) is 0.572. The number of amides is 1. The van der Waals surface area contributed by atoms with Crippen LogP contribution in [0.2, 0.25) is 0 Å². The highest BCUT2D eigenvalue weighted by Gasteiger charge is 2.06. The molecule has 0 atom stereocenters. The van der Waals surface area contributed by atoms with E-state index in [1.165, 1.54) is 0 Å². The summed E-state index contributed by atoms with van der Waals surface area (Å²) >= 11 is 5.00. The molecule has 2 rings (SSSR count). The molecule has 0 aromatic carbocycles. The molecule has 0 saturated carbocycles. The predicted octanol–water partition coefficient (Wildman–Crippen LogP) is 3.66. The molecule has 1 amide bonds. The minimum absolute atomic E-state index is 0.107. The van der Waals surface area contributed by atoms with Crippen molar-refractivity contribution in [2.45, 2.75) is 19.9 Å². The molecule has 2 aromatic heterocycles. The van der Waals surface area contributed by atoms with Gasteiger partial charge in [-0.3, -0.25) is 4.79 Å². The van der Waals surface area contributed by atoms with Crippen LogP contribution in [0.5, 0.6) is 0 Å². The molecule has 0 bridgehead atoms. The zero-order chi connectivity index (χ0) is 14.4. The lowest BCUT2D eigenvalue weighted by atomic mass is 10.2. The van der Waals surface area contributed by atoms with Crippen LogP contribution in [0.25, 0.3) is 0 Å². The molecule has 0 radical (unpaired) electrons. The van der Waals surface area contributed by atoms with Gasteiger partial charge in [-0.2, -0.15) is 0 Å². The number of halogens is 1. The number of carbonyl (C=O) groups is 1. The summed E-state index contributed by atoms with van der Waals surface area (Å²) in [4.78, 5) is 17.3. The van der Waals surface area contributed by atoms with Gasteiger partial charge >= 0.3 is 0 Å². The van der Waals surface area contributed by atoms with Gasteiger partial charge in [-0.05, 0) is 40.5 Å². The first-order chi connectivity index (χ1) is 9.69. The molecule has 0 aliphatic rings. The predicted molar refractivity (Wildman–Crippen MR) is 86.2 cm³/mol. The minimum atomic E-state index is -0.107. The molecule has 6 heteroatoms. The Bertz CT molecular complexity index is 568. The standard InChI is InChI=1S/C14H16BrN3OS/c1-2-5-16-13-4-3-10(7-17-13)14(19)18-8-12-6-11(15)9-20-12/h3-4,6-7,9H,2,5,8H2,1H3,(H,16,17)(H,18,19). The minimum Gasteiger partial charge on any atom is -0.370 e. The molecule has 4 nitrogen and oxygen atoms in total. The summed E-state index contributed by atoms with van der Waals surface area (Å²) in [6.07, 6.45) is 2.64. The van der Waals surface area contributed by atoms with E-state index in [1.54, 1.807) is 23.6 Å². The molecule has 20 heavy (non-hydrogen) atoms. The van der Waals surface area contributed by atoms with E-state index in [2.05, 4.69) is 38.5 Å². The second-order valence-electron chi connectivity index (χ2n) is 4.27. The summed E-state index contributed by atoms with van der Waals surface area (Å²) < 4.78 is 1.04. The van der Waals surface area contributed by atoms with Gasteiger partial charge in [0, 0.05) is 27.5 Å². The van der Waals surface area contributed by atoms with Crippen LogP contribution in [0.3, 0.4) is 0 Å². The van der Waals surface area contributed by atoms with Crippen LogP contribution in [0.1, 0.15) is 28.6 Å². The number of nitrogens with zero attached hydrogens (tertiary/aromatic N) is 1. The summed E-state index contributed by atoms with van der Waals surface area (Å²) in [5.74, 6) is 0.689. The van der Waals surface area contributed by atoms with Crippen molar-refractivity contribution in [2.24, 2.45) is 0 Å². The van der Waals surface area contributed by atoms with E-state index in [4.69, 9.17) is 0 Å². The Kier molecular flexibility index (Phi) is 5.55. The van der Waals surface area contributed by atoms with E-state index in [-0.39, 0.29) is 5.91 Å². The highest BCUT2D eigenvalue weighted by Crippen LogP contribution is 2.19. The van der Waals surface area contributed by atoms with Crippen LogP contribution in [-0.2, 0) is 6.54 Å². The van der Waals surface area contributed by atoms with Gasteiger partial charge in [-0.25, -0.2) is 4.98 Å². The lowest BCUT2D eigenvalue weighted by Gasteiger charge is -2.06. The van der Waals surface area contributed by atoms with Crippen LogP contribution in [0, 0.1) is 0 Å². The molecule has 0 saturated heterocycles. The number of nitrogens with one attached hydrogen (secondary N) is 2. The van der Waals surface area contributed by atoms with Gasteiger partial charge in [0.1, 0.15) is 5.82 Å². The Morgan fingerprint density at radius 2 is 2.30 bits per heavy atom. The number of pyridine rings is 1. The molecule has 0 unspecified atom stereocenters. The van der Waals surface area contributed by atoms with Gasteiger partial charge < -0.3 is 10.6 Å². The topological polar surface area (TPSA) is 54.0 Å².